The summed E-state index contributed by atoms with van der Waals surface area (Å²) in [5.74, 6) is 1.73. The Morgan fingerprint density at radius 1 is 1.21 bits per heavy atom. The zero-order chi connectivity index (χ0) is 10.2. The number of thioether (sulfide) groups is 1. The zero-order valence-corrected chi connectivity index (χ0v) is 10.5. The van der Waals surface area contributed by atoms with Crippen molar-refractivity contribution in [1.82, 2.24) is 5.32 Å². The first-order valence-corrected chi connectivity index (χ1v) is 6.95. The first-order chi connectivity index (χ1) is 6.64. The van der Waals surface area contributed by atoms with Crippen LogP contribution in [0.1, 0.15) is 46.5 Å². The normalized spacial score (nSPS) is 49.5. The van der Waals surface area contributed by atoms with E-state index in [1.807, 2.05) is 0 Å². The van der Waals surface area contributed by atoms with Gasteiger partial charge in [-0.2, -0.15) is 0 Å². The van der Waals surface area contributed by atoms with Crippen LogP contribution in [-0.2, 0) is 0 Å². The molecule has 2 heteroatoms. The lowest BCUT2D eigenvalue weighted by Crippen LogP contribution is -2.55. The van der Waals surface area contributed by atoms with Crippen molar-refractivity contribution < 1.29 is 0 Å². The van der Waals surface area contributed by atoms with Gasteiger partial charge in [0.2, 0.25) is 0 Å². The van der Waals surface area contributed by atoms with E-state index in [4.69, 9.17) is 0 Å². The lowest BCUT2D eigenvalue weighted by atomic mass is 9.77. The molecule has 1 aliphatic carbocycles. The molecule has 4 unspecified atom stereocenters. The molecule has 1 aliphatic heterocycles. The van der Waals surface area contributed by atoms with Gasteiger partial charge < -0.3 is 5.32 Å². The SMILES string of the molecule is CC1CCNC2(CCCC(C)C2C)S1. The van der Waals surface area contributed by atoms with Crippen LogP contribution in [0.4, 0.5) is 0 Å². The van der Waals surface area contributed by atoms with Crippen LogP contribution in [-0.4, -0.2) is 16.7 Å². The van der Waals surface area contributed by atoms with E-state index < -0.39 is 0 Å². The molecule has 1 saturated carbocycles. The molecule has 1 heterocycles. The van der Waals surface area contributed by atoms with Gasteiger partial charge in [-0.3, -0.25) is 0 Å². The van der Waals surface area contributed by atoms with Crippen molar-refractivity contribution in [3.8, 4) is 0 Å². The lowest BCUT2D eigenvalue weighted by Gasteiger charge is -2.50. The molecule has 1 N–H and O–H groups in total. The minimum Gasteiger partial charge on any atom is -0.303 e. The molecule has 1 saturated heterocycles. The molecule has 0 aromatic carbocycles. The summed E-state index contributed by atoms with van der Waals surface area (Å²) < 4.78 is 0. The zero-order valence-electron chi connectivity index (χ0n) is 9.68. The molecular weight excluding hydrogens is 190 g/mol. The molecule has 0 radical (unpaired) electrons. The van der Waals surface area contributed by atoms with Crippen LogP contribution in [0.25, 0.3) is 0 Å². The van der Waals surface area contributed by atoms with E-state index >= 15 is 0 Å². The van der Waals surface area contributed by atoms with Gasteiger partial charge in [-0.15, -0.1) is 11.8 Å². The first kappa shape index (κ1) is 10.8. The summed E-state index contributed by atoms with van der Waals surface area (Å²) in [5, 5.41) is 4.66. The quantitative estimate of drug-likeness (QED) is 0.663. The molecule has 0 aromatic heterocycles. The van der Waals surface area contributed by atoms with E-state index in [9.17, 15) is 0 Å². The fourth-order valence-corrected chi connectivity index (χ4v) is 4.83. The molecular formula is C12H23NS. The van der Waals surface area contributed by atoms with E-state index in [2.05, 4.69) is 37.8 Å². The van der Waals surface area contributed by atoms with Gasteiger partial charge in [-0.05, 0) is 31.2 Å². The summed E-state index contributed by atoms with van der Waals surface area (Å²) in [6, 6.07) is 0. The fourth-order valence-electron chi connectivity index (χ4n) is 2.99. The molecule has 4 atom stereocenters. The standard InChI is InChI=1S/C12H23NS/c1-9-5-4-7-12(11(9)3)13-8-6-10(2)14-12/h9-11,13H,4-8H2,1-3H3. The van der Waals surface area contributed by atoms with Crippen molar-refractivity contribution in [3.63, 3.8) is 0 Å². The van der Waals surface area contributed by atoms with Crippen molar-refractivity contribution in [2.45, 2.75) is 56.6 Å². The maximum atomic E-state index is 3.81. The maximum absolute atomic E-state index is 3.81. The first-order valence-electron chi connectivity index (χ1n) is 6.07. The van der Waals surface area contributed by atoms with Gasteiger partial charge in [0.25, 0.3) is 0 Å². The van der Waals surface area contributed by atoms with Crippen LogP contribution in [0.15, 0.2) is 0 Å². The molecule has 82 valence electrons. The van der Waals surface area contributed by atoms with E-state index in [0.29, 0.717) is 4.87 Å². The van der Waals surface area contributed by atoms with Crippen LogP contribution < -0.4 is 5.32 Å². The van der Waals surface area contributed by atoms with Crippen molar-refractivity contribution in [3.05, 3.63) is 0 Å². The van der Waals surface area contributed by atoms with Gasteiger partial charge >= 0.3 is 0 Å². The van der Waals surface area contributed by atoms with Crippen LogP contribution in [0.2, 0.25) is 0 Å². The second-order valence-electron chi connectivity index (χ2n) is 5.19. The van der Waals surface area contributed by atoms with E-state index in [1.165, 1.54) is 32.2 Å². The molecule has 0 amide bonds. The number of hydrogen-bond donors (Lipinski definition) is 1. The predicted octanol–water partition coefficient (Wildman–Crippen LogP) is 3.25. The van der Waals surface area contributed by atoms with Gasteiger partial charge in [-0.25, -0.2) is 0 Å². The minimum absolute atomic E-state index is 0.426. The highest BCUT2D eigenvalue weighted by atomic mass is 32.2. The molecule has 0 aromatic rings. The average Bonchev–Trinajstić information content (AvgIpc) is 2.14. The maximum Gasteiger partial charge on any atom is 0.0676 e. The van der Waals surface area contributed by atoms with Gasteiger partial charge in [-0.1, -0.05) is 33.6 Å². The van der Waals surface area contributed by atoms with Gasteiger partial charge in [0, 0.05) is 5.25 Å². The molecule has 2 fully saturated rings. The third-order valence-electron chi connectivity index (χ3n) is 4.18. The molecule has 0 bridgehead atoms. The highest BCUT2D eigenvalue weighted by molar-refractivity contribution is 8.01. The average molecular weight is 213 g/mol. The Bertz CT molecular complexity index is 200. The molecule has 1 spiro atoms. The minimum atomic E-state index is 0.426. The Balaban J connectivity index is 2.11. The van der Waals surface area contributed by atoms with Crippen molar-refractivity contribution in [2.75, 3.05) is 6.54 Å². The second kappa shape index (κ2) is 4.05. The van der Waals surface area contributed by atoms with Gasteiger partial charge in [0.1, 0.15) is 0 Å². The molecule has 14 heavy (non-hydrogen) atoms. The molecule has 2 rings (SSSR count). The second-order valence-corrected chi connectivity index (χ2v) is 6.96. The third kappa shape index (κ3) is 1.83. The Hall–Kier alpha value is 0.310. The Morgan fingerprint density at radius 2 is 2.00 bits per heavy atom. The monoisotopic (exact) mass is 213 g/mol. The van der Waals surface area contributed by atoms with E-state index in [-0.39, 0.29) is 0 Å². The highest BCUT2D eigenvalue weighted by Gasteiger charge is 2.44. The number of nitrogens with one attached hydrogen (secondary N) is 1. The van der Waals surface area contributed by atoms with Gasteiger partial charge in [0.15, 0.2) is 0 Å². The molecule has 2 aliphatic rings. The Labute approximate surface area is 92.4 Å². The van der Waals surface area contributed by atoms with E-state index in [1.54, 1.807) is 0 Å². The fraction of sp³-hybridized carbons (Fsp3) is 1.00. The van der Waals surface area contributed by atoms with Gasteiger partial charge in [0.05, 0.1) is 4.87 Å². The van der Waals surface area contributed by atoms with Crippen molar-refractivity contribution >= 4 is 11.8 Å². The van der Waals surface area contributed by atoms with E-state index in [0.717, 1.165) is 17.1 Å². The number of rotatable bonds is 0. The summed E-state index contributed by atoms with van der Waals surface area (Å²) >= 11 is 2.21. The lowest BCUT2D eigenvalue weighted by molar-refractivity contribution is 0.175. The van der Waals surface area contributed by atoms with Crippen molar-refractivity contribution in [2.24, 2.45) is 11.8 Å². The largest absolute Gasteiger partial charge is 0.303 e. The summed E-state index contributed by atoms with van der Waals surface area (Å²) in [6.45, 7) is 8.49. The highest BCUT2D eigenvalue weighted by Crippen LogP contribution is 2.48. The summed E-state index contributed by atoms with van der Waals surface area (Å²) in [7, 11) is 0. The van der Waals surface area contributed by atoms with Crippen LogP contribution >= 0.6 is 11.8 Å². The predicted molar refractivity (Wildman–Crippen MR) is 64.6 cm³/mol. The summed E-state index contributed by atoms with van der Waals surface area (Å²) in [5.41, 5.74) is 0. The van der Waals surface area contributed by atoms with Crippen molar-refractivity contribution in [1.29, 1.82) is 0 Å². The summed E-state index contributed by atoms with van der Waals surface area (Å²) in [6.07, 6.45) is 5.57. The summed E-state index contributed by atoms with van der Waals surface area (Å²) in [4.78, 5) is 0.426. The van der Waals surface area contributed by atoms with Crippen LogP contribution in [0.3, 0.4) is 0 Å². The topological polar surface area (TPSA) is 12.0 Å². The Morgan fingerprint density at radius 3 is 2.71 bits per heavy atom. The number of hydrogen-bond acceptors (Lipinski definition) is 2. The molecule has 1 nitrogen and oxygen atoms in total. The Kier molecular flexibility index (Phi) is 3.13. The third-order valence-corrected chi connectivity index (χ3v) is 5.96. The smallest absolute Gasteiger partial charge is 0.0676 e. The van der Waals surface area contributed by atoms with Crippen LogP contribution in [0.5, 0.6) is 0 Å². The van der Waals surface area contributed by atoms with Crippen LogP contribution in [0, 0.1) is 11.8 Å².